The van der Waals surface area contributed by atoms with Gasteiger partial charge in [0.2, 0.25) is 6.41 Å². The Hall–Kier alpha value is -2.60. The fourth-order valence-corrected chi connectivity index (χ4v) is 3.97. The highest BCUT2D eigenvalue weighted by Gasteiger charge is 2.37. The van der Waals surface area contributed by atoms with Gasteiger partial charge < -0.3 is 15.5 Å². The molecule has 1 unspecified atom stereocenters. The topological polar surface area (TPSA) is 98.3 Å². The standard InChI is InChI=1S/C18H18Cl2N6O/c19-13-3-6-16(15(20)9-13)26-8-7-25(11-27)17(10-23-24-22)18(26)12-1-4-14(21)5-2-12/h1-6,9,11,17-18H,7-8,10,21H2/t17?,18-/m0/s1. The molecule has 1 aliphatic heterocycles. The summed E-state index contributed by atoms with van der Waals surface area (Å²) in [6.45, 7) is 1.20. The Morgan fingerprint density at radius 2 is 1.96 bits per heavy atom. The fraction of sp³-hybridized carbons (Fsp3) is 0.278. The number of hydrogen-bond acceptors (Lipinski definition) is 4. The van der Waals surface area contributed by atoms with Crippen LogP contribution in [0.5, 0.6) is 0 Å². The Balaban J connectivity index is 2.10. The van der Waals surface area contributed by atoms with Gasteiger partial charge in [0.25, 0.3) is 0 Å². The van der Waals surface area contributed by atoms with Crippen LogP contribution in [0.1, 0.15) is 11.6 Å². The third-order valence-electron chi connectivity index (χ3n) is 4.69. The minimum Gasteiger partial charge on any atom is -0.399 e. The summed E-state index contributed by atoms with van der Waals surface area (Å²) in [7, 11) is 0. The molecule has 3 rings (SSSR count). The molecular weight excluding hydrogens is 387 g/mol. The molecule has 1 saturated heterocycles. The highest BCUT2D eigenvalue weighted by molar-refractivity contribution is 6.36. The van der Waals surface area contributed by atoms with Crippen LogP contribution in [0.3, 0.4) is 0 Å². The number of anilines is 2. The Kier molecular flexibility index (Phi) is 5.96. The molecule has 1 fully saturated rings. The van der Waals surface area contributed by atoms with Gasteiger partial charge in [-0.15, -0.1) is 0 Å². The van der Waals surface area contributed by atoms with E-state index in [1.54, 1.807) is 17.0 Å². The summed E-state index contributed by atoms with van der Waals surface area (Å²) in [5, 5.41) is 4.79. The first kappa shape index (κ1) is 19.2. The molecule has 0 aromatic heterocycles. The molecule has 1 amide bonds. The number of nitrogens with two attached hydrogens (primary N) is 1. The number of halogens is 2. The lowest BCUT2D eigenvalue weighted by Gasteiger charge is -2.47. The van der Waals surface area contributed by atoms with Gasteiger partial charge in [0, 0.05) is 35.3 Å². The predicted octanol–water partition coefficient (Wildman–Crippen LogP) is 4.27. The van der Waals surface area contributed by atoms with E-state index in [0.29, 0.717) is 28.8 Å². The average molecular weight is 405 g/mol. The molecule has 0 spiro atoms. The molecule has 0 radical (unpaired) electrons. The summed E-state index contributed by atoms with van der Waals surface area (Å²) in [5.74, 6) is 0. The van der Waals surface area contributed by atoms with E-state index in [2.05, 4.69) is 14.9 Å². The minimum absolute atomic E-state index is 0.145. The molecular formula is C18H18Cl2N6O. The average Bonchev–Trinajstić information content (AvgIpc) is 2.66. The Morgan fingerprint density at radius 3 is 2.59 bits per heavy atom. The van der Waals surface area contributed by atoms with Crippen molar-refractivity contribution < 1.29 is 4.79 Å². The van der Waals surface area contributed by atoms with Crippen molar-refractivity contribution in [1.82, 2.24) is 4.90 Å². The normalized spacial score (nSPS) is 19.5. The first-order valence-electron chi connectivity index (χ1n) is 8.34. The fourth-order valence-electron chi connectivity index (χ4n) is 3.45. The summed E-state index contributed by atoms with van der Waals surface area (Å²) < 4.78 is 0. The third-order valence-corrected chi connectivity index (χ3v) is 5.23. The van der Waals surface area contributed by atoms with Crippen LogP contribution < -0.4 is 10.6 Å². The minimum atomic E-state index is -0.345. The van der Waals surface area contributed by atoms with E-state index in [0.717, 1.165) is 17.7 Å². The van der Waals surface area contributed by atoms with Crippen molar-refractivity contribution in [3.63, 3.8) is 0 Å². The molecule has 2 aromatic carbocycles. The molecule has 0 bridgehead atoms. The molecule has 140 valence electrons. The lowest BCUT2D eigenvalue weighted by molar-refractivity contribution is -0.121. The number of amides is 1. The van der Waals surface area contributed by atoms with Crippen molar-refractivity contribution in [1.29, 1.82) is 0 Å². The van der Waals surface area contributed by atoms with E-state index in [9.17, 15) is 4.79 Å². The number of carbonyl (C=O) groups excluding carboxylic acids is 1. The Morgan fingerprint density at radius 1 is 1.22 bits per heavy atom. The maximum absolute atomic E-state index is 11.6. The quantitative estimate of drug-likeness (QED) is 0.264. The van der Waals surface area contributed by atoms with E-state index in [-0.39, 0.29) is 18.6 Å². The molecule has 1 aliphatic rings. The van der Waals surface area contributed by atoms with Crippen molar-refractivity contribution >= 4 is 41.0 Å². The number of nitrogen functional groups attached to an aromatic ring is 1. The smallest absolute Gasteiger partial charge is 0.210 e. The SMILES string of the molecule is [N-]=[N+]=NCC1[C@H](c2ccc(N)cc2)N(c2ccc(Cl)cc2Cl)CCN1C=O. The van der Waals surface area contributed by atoms with Gasteiger partial charge in [-0.2, -0.15) is 0 Å². The van der Waals surface area contributed by atoms with E-state index in [1.165, 1.54) is 0 Å². The van der Waals surface area contributed by atoms with E-state index >= 15 is 0 Å². The number of hydrogen-bond donors (Lipinski definition) is 1. The second kappa shape index (κ2) is 8.39. The van der Waals surface area contributed by atoms with Gasteiger partial charge in [-0.05, 0) is 41.4 Å². The number of benzene rings is 2. The molecule has 0 saturated carbocycles. The number of rotatable bonds is 5. The van der Waals surface area contributed by atoms with E-state index < -0.39 is 0 Å². The van der Waals surface area contributed by atoms with Gasteiger partial charge in [0.1, 0.15) is 0 Å². The second-order valence-electron chi connectivity index (χ2n) is 6.22. The van der Waals surface area contributed by atoms with Crippen molar-refractivity contribution in [2.75, 3.05) is 30.3 Å². The van der Waals surface area contributed by atoms with Crippen LogP contribution in [0.15, 0.2) is 47.6 Å². The molecule has 9 heteroatoms. The predicted molar refractivity (Wildman–Crippen MR) is 108 cm³/mol. The highest BCUT2D eigenvalue weighted by Crippen LogP contribution is 2.39. The zero-order valence-electron chi connectivity index (χ0n) is 14.4. The van der Waals surface area contributed by atoms with Crippen LogP contribution in [-0.2, 0) is 4.79 Å². The van der Waals surface area contributed by atoms with E-state index in [4.69, 9.17) is 34.5 Å². The van der Waals surface area contributed by atoms with Gasteiger partial charge in [-0.1, -0.05) is 40.4 Å². The Bertz CT molecular complexity index is 869. The molecule has 27 heavy (non-hydrogen) atoms. The van der Waals surface area contributed by atoms with Crippen LogP contribution in [0.2, 0.25) is 10.0 Å². The maximum Gasteiger partial charge on any atom is 0.210 e. The summed E-state index contributed by atoms with van der Waals surface area (Å²) in [6.07, 6.45) is 0.794. The number of carbonyl (C=O) groups is 1. The van der Waals surface area contributed by atoms with Crippen LogP contribution in [0, 0.1) is 0 Å². The molecule has 2 aromatic rings. The lowest BCUT2D eigenvalue weighted by Crippen LogP contribution is -2.55. The van der Waals surface area contributed by atoms with Crippen molar-refractivity contribution in [2.45, 2.75) is 12.1 Å². The largest absolute Gasteiger partial charge is 0.399 e. The van der Waals surface area contributed by atoms with Crippen molar-refractivity contribution in [3.05, 3.63) is 68.5 Å². The summed E-state index contributed by atoms with van der Waals surface area (Å²) in [6, 6.07) is 12.2. The highest BCUT2D eigenvalue weighted by atomic mass is 35.5. The first-order valence-corrected chi connectivity index (χ1v) is 9.09. The zero-order valence-corrected chi connectivity index (χ0v) is 15.9. The van der Waals surface area contributed by atoms with Gasteiger partial charge in [0.15, 0.2) is 0 Å². The number of nitrogens with zero attached hydrogens (tertiary/aromatic N) is 5. The number of piperazine rings is 1. The zero-order chi connectivity index (χ0) is 19.4. The van der Waals surface area contributed by atoms with Gasteiger partial charge in [-0.25, -0.2) is 0 Å². The number of azide groups is 1. The molecule has 7 nitrogen and oxygen atoms in total. The van der Waals surface area contributed by atoms with Gasteiger partial charge in [0.05, 0.1) is 22.8 Å². The Labute approximate surface area is 166 Å². The van der Waals surface area contributed by atoms with Gasteiger partial charge >= 0.3 is 0 Å². The van der Waals surface area contributed by atoms with Crippen molar-refractivity contribution in [2.24, 2.45) is 5.11 Å². The maximum atomic E-state index is 11.6. The van der Waals surface area contributed by atoms with Crippen LogP contribution >= 0.6 is 23.2 Å². The molecule has 1 heterocycles. The monoisotopic (exact) mass is 404 g/mol. The van der Waals surface area contributed by atoms with Gasteiger partial charge in [-0.3, -0.25) is 4.79 Å². The molecule has 2 N–H and O–H groups in total. The lowest BCUT2D eigenvalue weighted by atomic mass is 9.93. The second-order valence-corrected chi connectivity index (χ2v) is 7.07. The molecule has 2 atom stereocenters. The van der Waals surface area contributed by atoms with Crippen molar-refractivity contribution in [3.8, 4) is 0 Å². The van der Waals surface area contributed by atoms with Crippen LogP contribution in [0.4, 0.5) is 11.4 Å². The molecule has 0 aliphatic carbocycles. The summed E-state index contributed by atoms with van der Waals surface area (Å²) in [4.78, 5) is 18.3. The third kappa shape index (κ3) is 4.06. The summed E-state index contributed by atoms with van der Waals surface area (Å²) >= 11 is 12.5. The first-order chi connectivity index (χ1) is 13.0. The van der Waals surface area contributed by atoms with Crippen LogP contribution in [0.25, 0.3) is 10.4 Å². The van der Waals surface area contributed by atoms with E-state index in [1.807, 2.05) is 30.3 Å². The van der Waals surface area contributed by atoms with Crippen LogP contribution in [-0.4, -0.2) is 37.0 Å². The summed E-state index contributed by atoms with van der Waals surface area (Å²) in [5.41, 5.74) is 17.0.